The molecule has 4 aromatic rings. The Morgan fingerprint density at radius 2 is 1.74 bits per heavy atom. The van der Waals surface area contributed by atoms with Gasteiger partial charge in [0.25, 0.3) is 5.69 Å². The smallest absolute Gasteiger partial charge is 0.339 e. The molecule has 0 aliphatic rings. The summed E-state index contributed by atoms with van der Waals surface area (Å²) in [5.74, 6) is -0.469. The van der Waals surface area contributed by atoms with E-state index < -0.39 is 10.9 Å². The molecule has 0 radical (unpaired) electrons. The number of aryl methyl sites for hydroxylation is 2. The first kappa shape index (κ1) is 20.2. The van der Waals surface area contributed by atoms with Gasteiger partial charge in [-0.25, -0.2) is 9.78 Å². The molecule has 0 aliphatic heterocycles. The molecule has 0 spiro atoms. The van der Waals surface area contributed by atoms with E-state index in [9.17, 15) is 14.9 Å². The van der Waals surface area contributed by atoms with Crippen molar-refractivity contribution in [2.75, 3.05) is 0 Å². The number of carbonyl (C=O) groups is 1. The number of ether oxygens (including phenoxy) is 1. The number of rotatable bonds is 5. The van der Waals surface area contributed by atoms with Crippen LogP contribution in [-0.4, -0.2) is 15.9 Å². The van der Waals surface area contributed by atoms with E-state index in [2.05, 4.69) is 6.07 Å². The number of carbonyl (C=O) groups excluding carboxylic acids is 1. The highest BCUT2D eigenvalue weighted by Crippen LogP contribution is 2.28. The molecule has 0 saturated carbocycles. The van der Waals surface area contributed by atoms with E-state index in [1.807, 2.05) is 50.2 Å². The van der Waals surface area contributed by atoms with E-state index in [4.69, 9.17) is 9.72 Å². The van der Waals surface area contributed by atoms with Crippen LogP contribution in [-0.2, 0) is 11.3 Å². The number of nitro benzene ring substituents is 1. The number of non-ortho nitro benzene ring substituents is 1. The van der Waals surface area contributed by atoms with Gasteiger partial charge in [0.1, 0.15) is 6.61 Å². The fourth-order valence-electron chi connectivity index (χ4n) is 3.43. The van der Waals surface area contributed by atoms with Crippen LogP contribution in [0.1, 0.15) is 27.0 Å². The van der Waals surface area contributed by atoms with Crippen LogP contribution in [0.25, 0.3) is 22.2 Å². The summed E-state index contributed by atoms with van der Waals surface area (Å²) < 4.78 is 5.53. The van der Waals surface area contributed by atoms with E-state index in [0.717, 1.165) is 16.7 Å². The minimum Gasteiger partial charge on any atom is -0.457 e. The number of nitrogens with zero attached hydrogens (tertiary/aromatic N) is 2. The molecule has 6 heteroatoms. The molecule has 4 rings (SSSR count). The lowest BCUT2D eigenvalue weighted by Crippen LogP contribution is -2.07. The molecule has 0 bridgehead atoms. The zero-order valence-corrected chi connectivity index (χ0v) is 17.2. The molecule has 1 aromatic heterocycles. The number of pyridine rings is 1. The maximum atomic E-state index is 13.0. The largest absolute Gasteiger partial charge is 0.457 e. The number of fused-ring (bicyclic) bond motifs is 1. The predicted molar refractivity (Wildman–Crippen MR) is 119 cm³/mol. The lowest BCUT2D eigenvalue weighted by Gasteiger charge is -2.12. The Morgan fingerprint density at radius 1 is 1.00 bits per heavy atom. The van der Waals surface area contributed by atoms with Crippen LogP contribution >= 0.6 is 0 Å². The van der Waals surface area contributed by atoms with E-state index in [1.165, 1.54) is 12.1 Å². The second-order valence-corrected chi connectivity index (χ2v) is 7.39. The van der Waals surface area contributed by atoms with Gasteiger partial charge in [-0.15, -0.1) is 0 Å². The average Bonchev–Trinajstić information content (AvgIpc) is 2.78. The molecule has 31 heavy (non-hydrogen) atoms. The summed E-state index contributed by atoms with van der Waals surface area (Å²) in [5, 5.41) is 11.5. The Labute approximate surface area is 179 Å². The zero-order valence-electron chi connectivity index (χ0n) is 17.2. The highest BCUT2D eigenvalue weighted by Gasteiger charge is 2.16. The van der Waals surface area contributed by atoms with Gasteiger partial charge in [-0.3, -0.25) is 10.1 Å². The molecule has 0 atom stereocenters. The van der Waals surface area contributed by atoms with Crippen LogP contribution in [0.2, 0.25) is 0 Å². The number of esters is 1. The third-order valence-electron chi connectivity index (χ3n) is 5.12. The van der Waals surface area contributed by atoms with Gasteiger partial charge in [-0.1, -0.05) is 35.9 Å². The molecule has 0 unspecified atom stereocenters. The number of nitro groups is 1. The monoisotopic (exact) mass is 412 g/mol. The molecule has 6 nitrogen and oxygen atoms in total. The van der Waals surface area contributed by atoms with Gasteiger partial charge in [0.15, 0.2) is 0 Å². The number of para-hydroxylation sites is 1. The average molecular weight is 412 g/mol. The highest BCUT2D eigenvalue weighted by molar-refractivity contribution is 6.04. The first-order chi connectivity index (χ1) is 14.9. The Hall–Kier alpha value is -4.06. The van der Waals surface area contributed by atoms with Crippen molar-refractivity contribution < 1.29 is 14.5 Å². The second-order valence-electron chi connectivity index (χ2n) is 7.39. The van der Waals surface area contributed by atoms with Crippen LogP contribution in [0.15, 0.2) is 72.8 Å². The normalized spacial score (nSPS) is 10.8. The molecule has 0 fully saturated rings. The van der Waals surface area contributed by atoms with Crippen molar-refractivity contribution in [1.29, 1.82) is 0 Å². The summed E-state index contributed by atoms with van der Waals surface area (Å²) in [6, 6.07) is 21.3. The van der Waals surface area contributed by atoms with Gasteiger partial charge < -0.3 is 4.74 Å². The van der Waals surface area contributed by atoms with Crippen molar-refractivity contribution >= 4 is 22.6 Å². The number of hydrogen-bond acceptors (Lipinski definition) is 5. The van der Waals surface area contributed by atoms with Gasteiger partial charge in [0.2, 0.25) is 0 Å². The lowest BCUT2D eigenvalue weighted by molar-refractivity contribution is -0.384. The van der Waals surface area contributed by atoms with Crippen molar-refractivity contribution in [3.63, 3.8) is 0 Å². The van der Waals surface area contributed by atoms with Crippen LogP contribution in [0, 0.1) is 24.0 Å². The minimum atomic E-state index is -0.469. The fourth-order valence-corrected chi connectivity index (χ4v) is 3.43. The maximum Gasteiger partial charge on any atom is 0.339 e. The minimum absolute atomic E-state index is 0.00614. The lowest BCUT2D eigenvalue weighted by atomic mass is 9.99. The van der Waals surface area contributed by atoms with E-state index in [-0.39, 0.29) is 12.3 Å². The Kier molecular flexibility index (Phi) is 5.45. The van der Waals surface area contributed by atoms with E-state index in [0.29, 0.717) is 27.7 Å². The summed E-state index contributed by atoms with van der Waals surface area (Å²) in [5.41, 5.74) is 5.67. The molecule has 1 heterocycles. The summed E-state index contributed by atoms with van der Waals surface area (Å²) in [4.78, 5) is 28.1. The van der Waals surface area contributed by atoms with Crippen LogP contribution in [0.5, 0.6) is 0 Å². The third kappa shape index (κ3) is 4.28. The summed E-state index contributed by atoms with van der Waals surface area (Å²) in [6.45, 7) is 4.05. The molecular formula is C25H20N2O4. The van der Waals surface area contributed by atoms with Gasteiger partial charge >= 0.3 is 5.97 Å². The third-order valence-corrected chi connectivity index (χ3v) is 5.12. The molecule has 0 amide bonds. The maximum absolute atomic E-state index is 13.0. The highest BCUT2D eigenvalue weighted by atomic mass is 16.6. The number of aromatic nitrogens is 1. The van der Waals surface area contributed by atoms with Gasteiger partial charge in [-0.2, -0.15) is 0 Å². The first-order valence-electron chi connectivity index (χ1n) is 9.80. The van der Waals surface area contributed by atoms with Crippen molar-refractivity contribution in [3.8, 4) is 11.3 Å². The van der Waals surface area contributed by atoms with Crippen molar-refractivity contribution in [2.45, 2.75) is 20.5 Å². The van der Waals surface area contributed by atoms with Gasteiger partial charge in [0, 0.05) is 23.1 Å². The van der Waals surface area contributed by atoms with E-state index in [1.54, 1.807) is 18.2 Å². The molecule has 0 aliphatic carbocycles. The molecule has 0 saturated heterocycles. The van der Waals surface area contributed by atoms with E-state index >= 15 is 0 Å². The molecule has 0 N–H and O–H groups in total. The Balaban J connectivity index is 1.68. The second kappa shape index (κ2) is 8.36. The Morgan fingerprint density at radius 3 is 2.48 bits per heavy atom. The van der Waals surface area contributed by atoms with Crippen molar-refractivity contribution in [2.24, 2.45) is 0 Å². The summed E-state index contributed by atoms with van der Waals surface area (Å²) in [6.07, 6.45) is 0. The summed E-state index contributed by atoms with van der Waals surface area (Å²) in [7, 11) is 0. The van der Waals surface area contributed by atoms with Crippen LogP contribution in [0.3, 0.4) is 0 Å². The topological polar surface area (TPSA) is 82.3 Å². The van der Waals surface area contributed by atoms with Crippen LogP contribution in [0.4, 0.5) is 5.69 Å². The summed E-state index contributed by atoms with van der Waals surface area (Å²) >= 11 is 0. The predicted octanol–water partition coefficient (Wildman–Crippen LogP) is 5.78. The molecular weight excluding hydrogens is 392 g/mol. The van der Waals surface area contributed by atoms with Gasteiger partial charge in [-0.05, 0) is 55.3 Å². The Bertz CT molecular complexity index is 1300. The van der Waals surface area contributed by atoms with Gasteiger partial charge in [0.05, 0.1) is 21.7 Å². The molecule has 154 valence electrons. The standard InChI is InChI=1S/C25H20N2O4/c1-16-7-8-17(2)21(13-16)24-14-22(20-5-3-4-6-23(20)26-24)25(28)31-15-18-9-11-19(12-10-18)27(29)30/h3-14H,15H2,1-2H3. The van der Waals surface area contributed by atoms with Crippen molar-refractivity contribution in [1.82, 2.24) is 4.98 Å². The fraction of sp³-hybridized carbons (Fsp3) is 0.120. The zero-order chi connectivity index (χ0) is 22.0. The number of benzene rings is 3. The van der Waals surface area contributed by atoms with Crippen LogP contribution < -0.4 is 0 Å². The van der Waals surface area contributed by atoms with Crippen molar-refractivity contribution in [3.05, 3.63) is 105 Å². The first-order valence-corrected chi connectivity index (χ1v) is 9.80. The SMILES string of the molecule is Cc1ccc(C)c(-c2cc(C(=O)OCc3ccc([N+](=O)[O-])cc3)c3ccccc3n2)c1. The number of hydrogen-bond donors (Lipinski definition) is 0. The molecule has 3 aromatic carbocycles. The quantitative estimate of drug-likeness (QED) is 0.236.